The normalized spacial score (nSPS) is 22.9. The molecule has 6 heteroatoms. The van der Waals surface area contributed by atoms with E-state index in [9.17, 15) is 0 Å². The molecule has 0 spiro atoms. The SMILES string of the molecule is CC1CCCCC1n1nnnc1-c1ccc(Cl)c(N)c1. The van der Waals surface area contributed by atoms with Crippen molar-refractivity contribution in [3.8, 4) is 11.4 Å². The van der Waals surface area contributed by atoms with Gasteiger partial charge >= 0.3 is 0 Å². The lowest BCUT2D eigenvalue weighted by atomic mass is 9.86. The van der Waals surface area contributed by atoms with Crippen LogP contribution < -0.4 is 5.73 Å². The summed E-state index contributed by atoms with van der Waals surface area (Å²) in [7, 11) is 0. The van der Waals surface area contributed by atoms with Gasteiger partial charge in [-0.05, 0) is 47.4 Å². The summed E-state index contributed by atoms with van der Waals surface area (Å²) < 4.78 is 1.95. The molecule has 1 heterocycles. The standard InChI is InChI=1S/C14H18ClN5/c1-9-4-2-3-5-13(9)20-14(17-18-19-20)10-6-7-11(15)12(16)8-10/h6-9,13H,2-5,16H2,1H3. The Morgan fingerprint density at radius 1 is 1.30 bits per heavy atom. The van der Waals surface area contributed by atoms with Crippen LogP contribution in [0.15, 0.2) is 18.2 Å². The van der Waals surface area contributed by atoms with E-state index >= 15 is 0 Å². The summed E-state index contributed by atoms with van der Waals surface area (Å²) in [5.41, 5.74) is 7.34. The Morgan fingerprint density at radius 3 is 2.85 bits per heavy atom. The fourth-order valence-electron chi connectivity index (χ4n) is 2.95. The minimum absolute atomic E-state index is 0.366. The molecule has 0 bridgehead atoms. The molecule has 1 fully saturated rings. The highest BCUT2D eigenvalue weighted by atomic mass is 35.5. The lowest BCUT2D eigenvalue weighted by Gasteiger charge is -2.29. The molecule has 1 saturated carbocycles. The molecule has 1 aromatic heterocycles. The molecular formula is C14H18ClN5. The molecule has 2 unspecified atom stereocenters. The first-order valence-electron chi connectivity index (χ1n) is 7.00. The second-order valence-corrected chi connectivity index (χ2v) is 5.92. The van der Waals surface area contributed by atoms with Crippen molar-refractivity contribution < 1.29 is 0 Å². The van der Waals surface area contributed by atoms with Crippen LogP contribution in [-0.4, -0.2) is 20.2 Å². The van der Waals surface area contributed by atoms with Crippen LogP contribution in [0, 0.1) is 5.92 Å². The Morgan fingerprint density at radius 2 is 2.10 bits per heavy atom. The van der Waals surface area contributed by atoms with Crippen LogP contribution in [0.25, 0.3) is 11.4 Å². The second kappa shape index (κ2) is 5.40. The van der Waals surface area contributed by atoms with E-state index < -0.39 is 0 Å². The zero-order chi connectivity index (χ0) is 14.1. The lowest BCUT2D eigenvalue weighted by molar-refractivity contribution is 0.239. The average molecular weight is 292 g/mol. The number of anilines is 1. The van der Waals surface area contributed by atoms with Crippen molar-refractivity contribution in [1.29, 1.82) is 0 Å². The molecule has 5 nitrogen and oxygen atoms in total. The zero-order valence-electron chi connectivity index (χ0n) is 11.5. The maximum atomic E-state index is 5.97. The van der Waals surface area contributed by atoms with Crippen LogP contribution in [0.3, 0.4) is 0 Å². The van der Waals surface area contributed by atoms with Crippen LogP contribution in [-0.2, 0) is 0 Å². The summed E-state index contributed by atoms with van der Waals surface area (Å²) in [4.78, 5) is 0. The predicted molar refractivity (Wildman–Crippen MR) is 79.3 cm³/mol. The molecule has 1 aromatic carbocycles. The topological polar surface area (TPSA) is 69.6 Å². The van der Waals surface area contributed by atoms with Gasteiger partial charge in [-0.15, -0.1) is 5.10 Å². The van der Waals surface area contributed by atoms with Gasteiger partial charge in [-0.1, -0.05) is 31.4 Å². The van der Waals surface area contributed by atoms with Gasteiger partial charge in [0, 0.05) is 5.56 Å². The molecule has 20 heavy (non-hydrogen) atoms. The van der Waals surface area contributed by atoms with Crippen molar-refractivity contribution in [2.75, 3.05) is 5.73 Å². The average Bonchev–Trinajstić information content (AvgIpc) is 2.91. The van der Waals surface area contributed by atoms with Gasteiger partial charge in [0.1, 0.15) is 0 Å². The highest BCUT2D eigenvalue weighted by Crippen LogP contribution is 2.35. The van der Waals surface area contributed by atoms with E-state index in [1.807, 2.05) is 16.8 Å². The van der Waals surface area contributed by atoms with Gasteiger partial charge in [-0.2, -0.15) is 0 Å². The maximum Gasteiger partial charge on any atom is 0.182 e. The predicted octanol–water partition coefficient (Wildman–Crippen LogP) is 3.33. The Bertz CT molecular complexity index is 609. The summed E-state index contributed by atoms with van der Waals surface area (Å²) >= 11 is 5.97. The fourth-order valence-corrected chi connectivity index (χ4v) is 3.07. The van der Waals surface area contributed by atoms with Gasteiger partial charge < -0.3 is 5.73 Å². The number of nitrogen functional groups attached to an aromatic ring is 1. The Hall–Kier alpha value is -1.62. The van der Waals surface area contributed by atoms with Crippen molar-refractivity contribution in [2.24, 2.45) is 5.92 Å². The molecule has 2 atom stereocenters. The highest BCUT2D eigenvalue weighted by molar-refractivity contribution is 6.33. The van der Waals surface area contributed by atoms with Gasteiger partial charge in [-0.3, -0.25) is 0 Å². The number of hydrogen-bond donors (Lipinski definition) is 1. The van der Waals surface area contributed by atoms with E-state index in [1.165, 1.54) is 19.3 Å². The Kier molecular flexibility index (Phi) is 3.61. The maximum absolute atomic E-state index is 5.97. The van der Waals surface area contributed by atoms with E-state index in [0.717, 1.165) is 17.8 Å². The quantitative estimate of drug-likeness (QED) is 0.862. The van der Waals surface area contributed by atoms with E-state index in [4.69, 9.17) is 17.3 Å². The third-order valence-electron chi connectivity index (χ3n) is 4.13. The molecule has 2 N–H and O–H groups in total. The monoisotopic (exact) mass is 291 g/mol. The first-order chi connectivity index (χ1) is 9.66. The number of benzene rings is 1. The number of halogens is 1. The van der Waals surface area contributed by atoms with Crippen LogP contribution in [0.5, 0.6) is 0 Å². The van der Waals surface area contributed by atoms with Crippen molar-refractivity contribution in [3.05, 3.63) is 23.2 Å². The van der Waals surface area contributed by atoms with Crippen molar-refractivity contribution >= 4 is 17.3 Å². The van der Waals surface area contributed by atoms with E-state index in [0.29, 0.717) is 22.7 Å². The second-order valence-electron chi connectivity index (χ2n) is 5.51. The largest absolute Gasteiger partial charge is 0.398 e. The molecule has 0 radical (unpaired) electrons. The minimum atomic E-state index is 0.366. The molecule has 0 saturated heterocycles. The van der Waals surface area contributed by atoms with Gasteiger partial charge in [0.25, 0.3) is 0 Å². The Labute approximate surface area is 123 Å². The number of rotatable bonds is 2. The lowest BCUT2D eigenvalue weighted by Crippen LogP contribution is -2.23. The van der Waals surface area contributed by atoms with Gasteiger partial charge in [-0.25, -0.2) is 4.68 Å². The van der Waals surface area contributed by atoms with Crippen LogP contribution >= 0.6 is 11.6 Å². The van der Waals surface area contributed by atoms with Crippen LogP contribution in [0.2, 0.25) is 5.02 Å². The molecule has 2 aromatic rings. The third-order valence-corrected chi connectivity index (χ3v) is 4.47. The zero-order valence-corrected chi connectivity index (χ0v) is 12.2. The number of hydrogen-bond acceptors (Lipinski definition) is 4. The molecule has 1 aliphatic rings. The van der Waals surface area contributed by atoms with Gasteiger partial charge in [0.05, 0.1) is 16.8 Å². The summed E-state index contributed by atoms with van der Waals surface area (Å²) in [6.07, 6.45) is 4.88. The van der Waals surface area contributed by atoms with Crippen molar-refractivity contribution in [2.45, 2.75) is 38.6 Å². The number of nitrogens with two attached hydrogens (primary N) is 1. The first-order valence-corrected chi connectivity index (χ1v) is 7.38. The number of tetrazole rings is 1. The molecule has 0 aliphatic heterocycles. The van der Waals surface area contributed by atoms with E-state index in [1.54, 1.807) is 6.07 Å². The summed E-state index contributed by atoms with van der Waals surface area (Å²) in [6.45, 7) is 2.27. The molecular weight excluding hydrogens is 274 g/mol. The molecule has 0 amide bonds. The molecule has 106 valence electrons. The van der Waals surface area contributed by atoms with Crippen molar-refractivity contribution in [3.63, 3.8) is 0 Å². The van der Waals surface area contributed by atoms with Gasteiger partial charge in [0.15, 0.2) is 5.82 Å². The van der Waals surface area contributed by atoms with Crippen LogP contribution in [0.4, 0.5) is 5.69 Å². The third kappa shape index (κ3) is 2.38. The van der Waals surface area contributed by atoms with Gasteiger partial charge in [0.2, 0.25) is 0 Å². The van der Waals surface area contributed by atoms with Crippen LogP contribution in [0.1, 0.15) is 38.6 Å². The van der Waals surface area contributed by atoms with Crippen molar-refractivity contribution in [1.82, 2.24) is 20.2 Å². The smallest absolute Gasteiger partial charge is 0.182 e. The molecule has 3 rings (SSSR count). The van der Waals surface area contributed by atoms with E-state index in [2.05, 4.69) is 22.4 Å². The number of aromatic nitrogens is 4. The Balaban J connectivity index is 1.98. The highest BCUT2D eigenvalue weighted by Gasteiger charge is 2.26. The minimum Gasteiger partial charge on any atom is -0.398 e. The molecule has 1 aliphatic carbocycles. The summed E-state index contributed by atoms with van der Waals surface area (Å²) in [5.74, 6) is 1.36. The number of nitrogens with zero attached hydrogens (tertiary/aromatic N) is 4. The first kappa shape index (κ1) is 13.4. The van der Waals surface area contributed by atoms with E-state index in [-0.39, 0.29) is 0 Å². The fraction of sp³-hybridized carbons (Fsp3) is 0.500. The summed E-state index contributed by atoms with van der Waals surface area (Å²) in [5, 5.41) is 12.8. The summed E-state index contributed by atoms with van der Waals surface area (Å²) in [6, 6.07) is 5.90.